The third kappa shape index (κ3) is 4.84. The number of carbonyl (C=O) groups excluding carboxylic acids is 2. The van der Waals surface area contributed by atoms with Crippen LogP contribution in [-0.2, 0) is 17.6 Å². The van der Waals surface area contributed by atoms with Crippen LogP contribution in [-0.4, -0.2) is 57.5 Å². The van der Waals surface area contributed by atoms with E-state index >= 15 is 0 Å². The van der Waals surface area contributed by atoms with Crippen molar-refractivity contribution >= 4 is 11.8 Å². The van der Waals surface area contributed by atoms with Crippen LogP contribution >= 0.6 is 0 Å². The molecule has 8 heteroatoms. The first-order chi connectivity index (χ1) is 15.9. The second kappa shape index (κ2) is 9.85. The summed E-state index contributed by atoms with van der Waals surface area (Å²) in [6.45, 7) is 4.65. The Balaban J connectivity index is 1.49. The molecule has 1 aliphatic heterocycles. The molecule has 33 heavy (non-hydrogen) atoms. The third-order valence-corrected chi connectivity index (χ3v) is 7.00. The maximum absolute atomic E-state index is 14.6. The van der Waals surface area contributed by atoms with Crippen LogP contribution in [0.25, 0.3) is 0 Å². The molecule has 176 valence electrons. The van der Waals surface area contributed by atoms with Gasteiger partial charge in [0.1, 0.15) is 12.4 Å². The smallest absolute Gasteiger partial charge is 0.267 e. The molecule has 1 aromatic carbocycles. The molecule has 2 fully saturated rings. The summed E-state index contributed by atoms with van der Waals surface area (Å²) in [5, 5.41) is 6.67. The number of amides is 2. The molecule has 2 aliphatic rings. The Labute approximate surface area is 193 Å². The molecule has 0 bridgehead atoms. The molecule has 1 saturated heterocycles. The lowest BCUT2D eigenvalue weighted by molar-refractivity contribution is -0.138. The summed E-state index contributed by atoms with van der Waals surface area (Å²) in [6, 6.07) is 4.71. The van der Waals surface area contributed by atoms with Gasteiger partial charge in [0.05, 0.1) is 11.3 Å². The Hall–Kier alpha value is -3.03. The molecule has 2 aromatic rings. The van der Waals surface area contributed by atoms with E-state index in [-0.39, 0.29) is 29.6 Å². The lowest BCUT2D eigenvalue weighted by Crippen LogP contribution is -2.55. The summed E-state index contributed by atoms with van der Waals surface area (Å²) in [5.41, 5.74) is 2.65. The summed E-state index contributed by atoms with van der Waals surface area (Å²) in [7, 11) is 0. The minimum Gasteiger partial charge on any atom is -0.336 e. The van der Waals surface area contributed by atoms with Gasteiger partial charge in [0.2, 0.25) is 5.91 Å². The van der Waals surface area contributed by atoms with Gasteiger partial charge in [-0.25, -0.2) is 9.49 Å². The Kier molecular flexibility index (Phi) is 6.91. The summed E-state index contributed by atoms with van der Waals surface area (Å²) < 4.78 is 14.6. The predicted octanol–water partition coefficient (Wildman–Crippen LogP) is 2.99. The van der Waals surface area contributed by atoms with E-state index in [0.717, 1.165) is 36.8 Å². The van der Waals surface area contributed by atoms with E-state index in [0.29, 0.717) is 37.2 Å². The normalized spacial score (nSPS) is 17.5. The monoisotopic (exact) mass is 454 g/mol. The van der Waals surface area contributed by atoms with E-state index < -0.39 is 11.7 Å². The van der Waals surface area contributed by atoms with E-state index in [4.69, 9.17) is 0 Å². The van der Waals surface area contributed by atoms with Crippen molar-refractivity contribution in [3.63, 3.8) is 0 Å². The number of nitrogens with one attached hydrogen (secondary N) is 1. The molecule has 0 spiro atoms. The van der Waals surface area contributed by atoms with Gasteiger partial charge in [-0.15, -0.1) is 0 Å². The van der Waals surface area contributed by atoms with Crippen LogP contribution in [0.2, 0.25) is 0 Å². The standard InChI is InChI=1S/C25H31FN4O3/c1-3-19-16(2)22(27-28-24(19)32)14-17-9-10-21(26)20(13-17)25(33)29-11-12-30(23(31)15-29)18-7-5-4-6-8-18/h9-10,13,18H,3-8,11-12,14-15H2,1-2H3,(H,28,32). The van der Waals surface area contributed by atoms with Crippen molar-refractivity contribution < 1.29 is 14.0 Å². The molecule has 0 unspecified atom stereocenters. The van der Waals surface area contributed by atoms with E-state index in [2.05, 4.69) is 10.2 Å². The molecule has 1 saturated carbocycles. The molecule has 2 heterocycles. The lowest BCUT2D eigenvalue weighted by atomic mass is 9.93. The largest absolute Gasteiger partial charge is 0.336 e. The molecule has 1 aliphatic carbocycles. The molecule has 1 N–H and O–H groups in total. The summed E-state index contributed by atoms with van der Waals surface area (Å²) in [5.74, 6) is -1.13. The van der Waals surface area contributed by atoms with E-state index in [1.54, 1.807) is 6.07 Å². The Morgan fingerprint density at radius 2 is 1.94 bits per heavy atom. The highest BCUT2D eigenvalue weighted by Crippen LogP contribution is 2.25. The van der Waals surface area contributed by atoms with Crippen LogP contribution in [0, 0.1) is 12.7 Å². The van der Waals surface area contributed by atoms with E-state index in [1.807, 2.05) is 18.7 Å². The molecule has 0 atom stereocenters. The number of benzene rings is 1. The molecular weight excluding hydrogens is 423 g/mol. The second-order valence-corrected chi connectivity index (χ2v) is 9.05. The van der Waals surface area contributed by atoms with Crippen LogP contribution in [0.1, 0.15) is 71.8 Å². The van der Waals surface area contributed by atoms with Gasteiger partial charge in [0, 0.05) is 31.1 Å². The average Bonchev–Trinajstić information content (AvgIpc) is 2.82. The van der Waals surface area contributed by atoms with Crippen LogP contribution in [0.15, 0.2) is 23.0 Å². The number of carbonyl (C=O) groups is 2. The first-order valence-electron chi connectivity index (χ1n) is 11.8. The number of piperazine rings is 1. The van der Waals surface area contributed by atoms with Crippen LogP contribution in [0.5, 0.6) is 0 Å². The Morgan fingerprint density at radius 3 is 2.64 bits per heavy atom. The highest BCUT2D eigenvalue weighted by molar-refractivity contribution is 5.97. The topological polar surface area (TPSA) is 86.4 Å². The van der Waals surface area contributed by atoms with Gasteiger partial charge in [-0.1, -0.05) is 32.3 Å². The summed E-state index contributed by atoms with van der Waals surface area (Å²) in [4.78, 5) is 41.2. The van der Waals surface area contributed by atoms with E-state index in [9.17, 15) is 18.8 Å². The maximum atomic E-state index is 14.6. The minimum atomic E-state index is -0.605. The number of aromatic amines is 1. The minimum absolute atomic E-state index is 0.0144. The van der Waals surface area contributed by atoms with Crippen molar-refractivity contribution in [3.8, 4) is 0 Å². The van der Waals surface area contributed by atoms with Gasteiger partial charge in [-0.2, -0.15) is 5.10 Å². The fourth-order valence-electron chi connectivity index (χ4n) is 5.06. The predicted molar refractivity (Wildman–Crippen MR) is 123 cm³/mol. The molecule has 1 aromatic heterocycles. The number of rotatable bonds is 5. The maximum Gasteiger partial charge on any atom is 0.267 e. The van der Waals surface area contributed by atoms with Gasteiger partial charge < -0.3 is 9.80 Å². The van der Waals surface area contributed by atoms with Gasteiger partial charge in [0.15, 0.2) is 0 Å². The third-order valence-electron chi connectivity index (χ3n) is 7.00. The molecular formula is C25H31FN4O3. The number of aromatic nitrogens is 2. The Bertz CT molecular complexity index is 1110. The number of halogens is 1. The van der Waals surface area contributed by atoms with Crippen molar-refractivity contribution in [3.05, 3.63) is 62.3 Å². The van der Waals surface area contributed by atoms with Gasteiger partial charge in [-0.3, -0.25) is 14.4 Å². The molecule has 7 nitrogen and oxygen atoms in total. The summed E-state index contributed by atoms with van der Waals surface area (Å²) >= 11 is 0. The summed E-state index contributed by atoms with van der Waals surface area (Å²) in [6.07, 6.45) is 6.49. The molecule has 0 radical (unpaired) electrons. The van der Waals surface area contributed by atoms with Crippen LogP contribution in [0.4, 0.5) is 4.39 Å². The fourth-order valence-corrected chi connectivity index (χ4v) is 5.06. The van der Waals surface area contributed by atoms with Crippen molar-refractivity contribution in [2.24, 2.45) is 0 Å². The zero-order chi connectivity index (χ0) is 23.5. The molecule has 4 rings (SSSR count). The van der Waals surface area contributed by atoms with Crippen LogP contribution in [0.3, 0.4) is 0 Å². The number of hydrogen-bond donors (Lipinski definition) is 1. The number of H-pyrrole nitrogens is 1. The van der Waals surface area contributed by atoms with Crippen molar-refractivity contribution in [1.29, 1.82) is 0 Å². The first kappa shape index (κ1) is 23.1. The zero-order valence-corrected chi connectivity index (χ0v) is 19.3. The van der Waals surface area contributed by atoms with Crippen molar-refractivity contribution in [2.75, 3.05) is 19.6 Å². The first-order valence-corrected chi connectivity index (χ1v) is 11.8. The van der Waals surface area contributed by atoms with Gasteiger partial charge >= 0.3 is 0 Å². The highest BCUT2D eigenvalue weighted by Gasteiger charge is 2.33. The van der Waals surface area contributed by atoms with Crippen molar-refractivity contribution in [1.82, 2.24) is 20.0 Å². The van der Waals surface area contributed by atoms with Gasteiger partial charge in [0.25, 0.3) is 11.5 Å². The van der Waals surface area contributed by atoms with Crippen LogP contribution < -0.4 is 5.56 Å². The fraction of sp³-hybridized carbons (Fsp3) is 0.520. The SMILES string of the molecule is CCc1c(C)c(Cc2ccc(F)c(C(=O)N3CCN(C4CCCCC4)C(=O)C3)c2)n[nH]c1=O. The quantitative estimate of drug-likeness (QED) is 0.753. The van der Waals surface area contributed by atoms with Crippen molar-refractivity contribution in [2.45, 2.75) is 64.8 Å². The second-order valence-electron chi connectivity index (χ2n) is 9.05. The van der Waals surface area contributed by atoms with E-state index in [1.165, 1.54) is 23.5 Å². The van der Waals surface area contributed by atoms with Gasteiger partial charge in [-0.05, 0) is 49.4 Å². The Morgan fingerprint density at radius 1 is 1.18 bits per heavy atom. The molecule has 2 amide bonds. The average molecular weight is 455 g/mol. The lowest BCUT2D eigenvalue weighted by Gasteiger charge is -2.40. The zero-order valence-electron chi connectivity index (χ0n) is 19.3. The highest BCUT2D eigenvalue weighted by atomic mass is 19.1. The number of nitrogens with zero attached hydrogens (tertiary/aromatic N) is 3. The number of hydrogen-bond acceptors (Lipinski definition) is 4.